The van der Waals surface area contributed by atoms with Crippen molar-refractivity contribution in [3.8, 4) is 0 Å². The van der Waals surface area contributed by atoms with Gasteiger partial charge in [0.25, 0.3) is 5.69 Å². The van der Waals surface area contributed by atoms with E-state index < -0.39 is 0 Å². The molecule has 2 aromatic carbocycles. The van der Waals surface area contributed by atoms with Crippen LogP contribution in [0.1, 0.15) is 17.9 Å². The SMILES string of the molecule is O=[N+]([O-])c1ccc([C@@H]2C[C@@H]2Sc2ccccc2)cc1. The van der Waals surface area contributed by atoms with E-state index in [1.165, 1.54) is 10.5 Å². The van der Waals surface area contributed by atoms with E-state index >= 15 is 0 Å². The lowest BCUT2D eigenvalue weighted by Crippen LogP contribution is -1.89. The second-order valence-corrected chi connectivity index (χ2v) is 5.97. The molecule has 96 valence electrons. The standard InChI is InChI=1S/C15H13NO2S/c17-16(18)12-8-6-11(7-9-12)14-10-15(14)19-13-4-2-1-3-5-13/h1-9,14-15H,10H2/t14-,15-/m0/s1. The van der Waals surface area contributed by atoms with Crippen molar-refractivity contribution in [2.75, 3.05) is 0 Å². The summed E-state index contributed by atoms with van der Waals surface area (Å²) in [6.45, 7) is 0. The van der Waals surface area contributed by atoms with Gasteiger partial charge in [0.2, 0.25) is 0 Å². The van der Waals surface area contributed by atoms with Gasteiger partial charge in [-0.1, -0.05) is 30.3 Å². The highest BCUT2D eigenvalue weighted by Crippen LogP contribution is 2.51. The number of nitro benzene ring substituents is 1. The third kappa shape index (κ3) is 2.79. The molecule has 2 atom stereocenters. The number of nitro groups is 1. The molecule has 1 aliphatic carbocycles. The topological polar surface area (TPSA) is 43.1 Å². The summed E-state index contributed by atoms with van der Waals surface area (Å²) in [7, 11) is 0. The van der Waals surface area contributed by atoms with Crippen molar-refractivity contribution in [2.24, 2.45) is 0 Å². The smallest absolute Gasteiger partial charge is 0.258 e. The molecule has 2 aromatic rings. The molecular weight excluding hydrogens is 258 g/mol. The van der Waals surface area contributed by atoms with E-state index in [-0.39, 0.29) is 10.6 Å². The molecule has 1 fully saturated rings. The zero-order valence-corrected chi connectivity index (χ0v) is 11.0. The van der Waals surface area contributed by atoms with Crippen LogP contribution in [0.3, 0.4) is 0 Å². The van der Waals surface area contributed by atoms with E-state index in [0.29, 0.717) is 11.2 Å². The van der Waals surface area contributed by atoms with Gasteiger partial charge in [-0.25, -0.2) is 0 Å². The lowest BCUT2D eigenvalue weighted by atomic mass is 10.1. The summed E-state index contributed by atoms with van der Waals surface area (Å²) in [6.07, 6.45) is 1.15. The minimum Gasteiger partial charge on any atom is -0.258 e. The Bertz CT molecular complexity index is 583. The van der Waals surface area contributed by atoms with Gasteiger partial charge < -0.3 is 0 Å². The summed E-state index contributed by atoms with van der Waals surface area (Å²) in [5, 5.41) is 11.2. The quantitative estimate of drug-likeness (QED) is 0.617. The second-order valence-electron chi connectivity index (χ2n) is 4.66. The Morgan fingerprint density at radius 1 is 1.05 bits per heavy atom. The van der Waals surface area contributed by atoms with E-state index in [2.05, 4.69) is 12.1 Å². The van der Waals surface area contributed by atoms with Crippen LogP contribution in [-0.2, 0) is 0 Å². The minimum absolute atomic E-state index is 0.164. The van der Waals surface area contributed by atoms with E-state index in [9.17, 15) is 10.1 Å². The van der Waals surface area contributed by atoms with Gasteiger partial charge in [0.15, 0.2) is 0 Å². The summed E-state index contributed by atoms with van der Waals surface area (Å²) in [5.74, 6) is 0.533. The van der Waals surface area contributed by atoms with Gasteiger partial charge in [0.05, 0.1) is 4.92 Å². The molecule has 1 saturated carbocycles. The predicted molar refractivity (Wildman–Crippen MR) is 76.5 cm³/mol. The van der Waals surface area contributed by atoms with Crippen LogP contribution < -0.4 is 0 Å². The Hall–Kier alpha value is -1.81. The molecule has 0 aromatic heterocycles. The Morgan fingerprint density at radius 2 is 1.74 bits per heavy atom. The predicted octanol–water partition coefficient (Wildman–Crippen LogP) is 4.24. The third-order valence-electron chi connectivity index (χ3n) is 3.29. The van der Waals surface area contributed by atoms with Crippen molar-refractivity contribution in [1.82, 2.24) is 0 Å². The summed E-state index contributed by atoms with van der Waals surface area (Å²) in [4.78, 5) is 11.5. The monoisotopic (exact) mass is 271 g/mol. The van der Waals surface area contributed by atoms with Gasteiger partial charge in [-0.05, 0) is 30.0 Å². The average molecular weight is 271 g/mol. The van der Waals surface area contributed by atoms with Crippen LogP contribution in [0.25, 0.3) is 0 Å². The second kappa shape index (κ2) is 5.05. The van der Waals surface area contributed by atoms with Crippen LogP contribution in [0.5, 0.6) is 0 Å². The zero-order valence-electron chi connectivity index (χ0n) is 10.2. The van der Waals surface area contributed by atoms with Crippen molar-refractivity contribution < 1.29 is 4.92 Å². The summed E-state index contributed by atoms with van der Waals surface area (Å²) < 4.78 is 0. The largest absolute Gasteiger partial charge is 0.269 e. The van der Waals surface area contributed by atoms with Gasteiger partial charge in [0, 0.05) is 22.3 Å². The van der Waals surface area contributed by atoms with Crippen LogP contribution in [0.15, 0.2) is 59.5 Å². The fraction of sp³-hybridized carbons (Fsp3) is 0.200. The summed E-state index contributed by atoms with van der Waals surface area (Å²) in [6, 6.07) is 17.3. The molecule has 0 aliphatic heterocycles. The first-order chi connectivity index (χ1) is 9.24. The maximum Gasteiger partial charge on any atom is 0.269 e. The van der Waals surface area contributed by atoms with Crippen LogP contribution >= 0.6 is 11.8 Å². The zero-order chi connectivity index (χ0) is 13.2. The molecule has 0 radical (unpaired) electrons. The first kappa shape index (κ1) is 12.2. The average Bonchev–Trinajstić information content (AvgIpc) is 3.19. The number of hydrogen-bond donors (Lipinski definition) is 0. The van der Waals surface area contributed by atoms with Crippen molar-refractivity contribution in [2.45, 2.75) is 22.5 Å². The molecule has 0 bridgehead atoms. The Balaban J connectivity index is 1.65. The molecule has 0 unspecified atom stereocenters. The van der Waals surface area contributed by atoms with Gasteiger partial charge in [0.1, 0.15) is 0 Å². The number of rotatable bonds is 4. The highest BCUT2D eigenvalue weighted by molar-refractivity contribution is 8.00. The van der Waals surface area contributed by atoms with Crippen LogP contribution in [-0.4, -0.2) is 10.2 Å². The highest BCUT2D eigenvalue weighted by atomic mass is 32.2. The number of hydrogen-bond acceptors (Lipinski definition) is 3. The number of non-ortho nitro benzene ring substituents is 1. The molecular formula is C15H13NO2S. The van der Waals surface area contributed by atoms with Crippen LogP contribution in [0, 0.1) is 10.1 Å². The fourth-order valence-electron chi connectivity index (χ4n) is 2.17. The molecule has 0 amide bonds. The van der Waals surface area contributed by atoms with E-state index in [1.54, 1.807) is 12.1 Å². The van der Waals surface area contributed by atoms with Crippen molar-refractivity contribution in [1.29, 1.82) is 0 Å². The Labute approximate surface area is 115 Å². The molecule has 3 rings (SSSR count). The molecule has 0 heterocycles. The Morgan fingerprint density at radius 3 is 2.37 bits per heavy atom. The van der Waals surface area contributed by atoms with E-state index in [1.807, 2.05) is 42.1 Å². The van der Waals surface area contributed by atoms with E-state index in [4.69, 9.17) is 0 Å². The van der Waals surface area contributed by atoms with Crippen molar-refractivity contribution in [3.63, 3.8) is 0 Å². The molecule has 0 N–H and O–H groups in total. The first-order valence-corrected chi connectivity index (χ1v) is 7.08. The number of thioether (sulfide) groups is 1. The summed E-state index contributed by atoms with van der Waals surface area (Å²) >= 11 is 1.89. The van der Waals surface area contributed by atoms with Gasteiger partial charge in [-0.2, -0.15) is 0 Å². The van der Waals surface area contributed by atoms with Crippen molar-refractivity contribution >= 4 is 17.4 Å². The first-order valence-electron chi connectivity index (χ1n) is 6.20. The fourth-order valence-corrected chi connectivity index (χ4v) is 3.46. The van der Waals surface area contributed by atoms with Crippen LogP contribution in [0.4, 0.5) is 5.69 Å². The lowest BCUT2D eigenvalue weighted by Gasteiger charge is -2.01. The molecule has 0 spiro atoms. The van der Waals surface area contributed by atoms with Gasteiger partial charge >= 0.3 is 0 Å². The highest BCUT2D eigenvalue weighted by Gasteiger charge is 2.39. The molecule has 4 heteroatoms. The summed E-state index contributed by atoms with van der Waals surface area (Å²) in [5.41, 5.74) is 1.37. The molecule has 1 aliphatic rings. The number of benzene rings is 2. The minimum atomic E-state index is -0.354. The lowest BCUT2D eigenvalue weighted by molar-refractivity contribution is -0.384. The van der Waals surface area contributed by atoms with Crippen LogP contribution in [0.2, 0.25) is 0 Å². The van der Waals surface area contributed by atoms with Gasteiger partial charge in [-0.15, -0.1) is 11.8 Å². The Kier molecular flexibility index (Phi) is 3.25. The molecule has 3 nitrogen and oxygen atoms in total. The maximum atomic E-state index is 10.6. The molecule has 19 heavy (non-hydrogen) atoms. The maximum absolute atomic E-state index is 10.6. The molecule has 0 saturated heterocycles. The normalized spacial score (nSPS) is 21.1. The van der Waals surface area contributed by atoms with E-state index in [0.717, 1.165) is 6.42 Å². The third-order valence-corrected chi connectivity index (χ3v) is 4.66. The van der Waals surface area contributed by atoms with Crippen molar-refractivity contribution in [3.05, 3.63) is 70.3 Å². The number of nitrogens with zero attached hydrogens (tertiary/aromatic N) is 1. The van der Waals surface area contributed by atoms with Gasteiger partial charge in [-0.3, -0.25) is 10.1 Å².